The molecule has 0 N–H and O–H groups in total. The van der Waals surface area contributed by atoms with E-state index in [-0.39, 0.29) is 12.2 Å². The number of carbonyl (C=O) groups excluding carboxylic acids is 1. The first kappa shape index (κ1) is 22.0. The van der Waals surface area contributed by atoms with Crippen LogP contribution in [0, 0.1) is 25.2 Å². The van der Waals surface area contributed by atoms with Crippen LogP contribution in [0.25, 0.3) is 11.3 Å². The maximum absolute atomic E-state index is 11.4. The van der Waals surface area contributed by atoms with Crippen molar-refractivity contribution in [3.8, 4) is 6.07 Å². The Labute approximate surface area is 172 Å². The molecule has 6 heteroatoms. The number of carbonyl (C=O) groups is 1. The van der Waals surface area contributed by atoms with Crippen LogP contribution < -0.4 is 0 Å². The summed E-state index contributed by atoms with van der Waals surface area (Å²) >= 11 is 0. The molecule has 2 rings (SSSR count). The Balaban J connectivity index is 2.58. The monoisotopic (exact) mass is 393 g/mol. The van der Waals surface area contributed by atoms with Crippen LogP contribution in [0.4, 0.5) is 0 Å². The minimum Gasteiger partial charge on any atom is -0.454 e. The lowest BCUT2D eigenvalue weighted by Crippen LogP contribution is -2.11. The van der Waals surface area contributed by atoms with Crippen molar-refractivity contribution in [3.05, 3.63) is 65.0 Å². The number of hydrogen-bond donors (Lipinski definition) is 0. The summed E-state index contributed by atoms with van der Waals surface area (Å²) in [5, 5.41) is 14.4. The maximum atomic E-state index is 11.4. The van der Waals surface area contributed by atoms with E-state index in [0.29, 0.717) is 22.6 Å². The summed E-state index contributed by atoms with van der Waals surface area (Å²) in [5.41, 5.74) is 4.59. The Bertz CT molecular complexity index is 984. The fraction of sp³-hybridized carbons (Fsp3) is 0.348. The number of ether oxygens (including phenoxy) is 2. The van der Waals surface area contributed by atoms with Gasteiger partial charge >= 0.3 is 5.97 Å². The van der Waals surface area contributed by atoms with Gasteiger partial charge in [-0.3, -0.25) is 4.68 Å². The van der Waals surface area contributed by atoms with E-state index in [1.54, 1.807) is 11.7 Å². The quantitative estimate of drug-likeness (QED) is 0.239. The fourth-order valence-corrected chi connectivity index (χ4v) is 2.93. The van der Waals surface area contributed by atoms with Crippen molar-refractivity contribution in [2.24, 2.45) is 7.05 Å². The van der Waals surface area contributed by atoms with Gasteiger partial charge in [-0.15, -0.1) is 0 Å². The summed E-state index contributed by atoms with van der Waals surface area (Å²) in [6.07, 6.45) is 1.06. The van der Waals surface area contributed by atoms with Crippen molar-refractivity contribution in [1.82, 2.24) is 9.78 Å². The van der Waals surface area contributed by atoms with Crippen LogP contribution in [0.2, 0.25) is 0 Å². The van der Waals surface area contributed by atoms with Gasteiger partial charge in [0.25, 0.3) is 0 Å². The molecule has 2 aromatic rings. The maximum Gasteiger partial charge on any atom is 0.333 e. The molecule has 0 fully saturated rings. The topological polar surface area (TPSA) is 77.1 Å². The lowest BCUT2D eigenvalue weighted by Gasteiger charge is -2.19. The highest BCUT2D eigenvalue weighted by Gasteiger charge is 2.22. The highest BCUT2D eigenvalue weighted by Crippen LogP contribution is 2.31. The summed E-state index contributed by atoms with van der Waals surface area (Å²) in [6, 6.07) is 10.0. The van der Waals surface area contributed by atoms with Gasteiger partial charge in [-0.1, -0.05) is 51.6 Å². The van der Waals surface area contributed by atoms with E-state index in [4.69, 9.17) is 9.47 Å². The van der Waals surface area contributed by atoms with Gasteiger partial charge < -0.3 is 9.47 Å². The van der Waals surface area contributed by atoms with E-state index in [0.717, 1.165) is 22.9 Å². The van der Waals surface area contributed by atoms with Crippen molar-refractivity contribution in [2.45, 2.75) is 40.0 Å². The minimum atomic E-state index is -0.602. The van der Waals surface area contributed by atoms with E-state index in [9.17, 15) is 10.1 Å². The van der Waals surface area contributed by atoms with Gasteiger partial charge in [0.1, 0.15) is 17.3 Å². The third kappa shape index (κ3) is 4.94. The molecule has 29 heavy (non-hydrogen) atoms. The molecule has 1 aromatic carbocycles. The molecule has 0 aliphatic carbocycles. The Hall–Kier alpha value is -3.33. The first-order chi connectivity index (χ1) is 13.6. The molecule has 1 heterocycles. The third-order valence-corrected chi connectivity index (χ3v) is 4.69. The van der Waals surface area contributed by atoms with E-state index in [1.165, 1.54) is 0 Å². The summed E-state index contributed by atoms with van der Waals surface area (Å²) in [6.45, 7) is 13.2. The Morgan fingerprint density at radius 2 is 1.86 bits per heavy atom. The predicted molar refractivity (Wildman–Crippen MR) is 112 cm³/mol. The van der Waals surface area contributed by atoms with Gasteiger partial charge in [0.05, 0.1) is 5.69 Å². The van der Waals surface area contributed by atoms with E-state index in [2.05, 4.69) is 38.5 Å². The zero-order chi connectivity index (χ0) is 21.8. The van der Waals surface area contributed by atoms with Gasteiger partial charge in [0, 0.05) is 18.7 Å². The first-order valence-corrected chi connectivity index (χ1v) is 9.28. The average molecular weight is 393 g/mol. The van der Waals surface area contributed by atoms with Crippen molar-refractivity contribution >= 4 is 17.3 Å². The highest BCUT2D eigenvalue weighted by molar-refractivity contribution is 5.94. The molecular formula is C23H27N3O3. The van der Waals surface area contributed by atoms with Crippen LogP contribution in [0.15, 0.2) is 36.9 Å². The lowest BCUT2D eigenvalue weighted by molar-refractivity contribution is -0.145. The zero-order valence-corrected chi connectivity index (χ0v) is 17.9. The molecule has 0 aliphatic rings. The molecule has 0 atom stereocenters. The van der Waals surface area contributed by atoms with Gasteiger partial charge in [-0.05, 0) is 30.4 Å². The number of benzene rings is 1. The van der Waals surface area contributed by atoms with Gasteiger partial charge in [-0.25, -0.2) is 4.79 Å². The number of nitriles is 1. The second kappa shape index (κ2) is 8.78. The third-order valence-electron chi connectivity index (χ3n) is 4.69. The zero-order valence-electron chi connectivity index (χ0n) is 17.9. The van der Waals surface area contributed by atoms with Crippen molar-refractivity contribution in [3.63, 3.8) is 0 Å². The molecule has 1 aromatic heterocycles. The van der Waals surface area contributed by atoms with Crippen LogP contribution in [0.3, 0.4) is 0 Å². The number of nitrogens with zero attached hydrogens (tertiary/aromatic N) is 3. The lowest BCUT2D eigenvalue weighted by atomic mass is 9.86. The summed E-state index contributed by atoms with van der Waals surface area (Å²) in [4.78, 5) is 11.4. The van der Waals surface area contributed by atoms with Gasteiger partial charge in [0.15, 0.2) is 5.76 Å². The predicted octanol–water partition coefficient (Wildman–Crippen LogP) is 4.43. The Morgan fingerprint density at radius 1 is 1.24 bits per heavy atom. The van der Waals surface area contributed by atoms with E-state index in [1.807, 2.05) is 38.1 Å². The van der Waals surface area contributed by atoms with Gasteiger partial charge in [-0.2, -0.15) is 10.4 Å². The molecule has 0 unspecified atom stereocenters. The molecule has 0 aliphatic heterocycles. The van der Waals surface area contributed by atoms with Crippen LogP contribution in [0.1, 0.15) is 48.8 Å². The molecule has 0 radical (unpaired) electrons. The number of aromatic nitrogens is 2. The van der Waals surface area contributed by atoms with E-state index < -0.39 is 5.97 Å². The second-order valence-electron chi connectivity index (χ2n) is 7.76. The molecule has 152 valence electrons. The van der Waals surface area contributed by atoms with Crippen LogP contribution in [-0.4, -0.2) is 22.5 Å². The number of hydrogen-bond acceptors (Lipinski definition) is 5. The molecular weight excluding hydrogens is 366 g/mol. The number of allylic oxidation sites excluding steroid dienone is 1. The summed E-state index contributed by atoms with van der Waals surface area (Å²) in [5.74, 6) is -0.288. The second-order valence-corrected chi connectivity index (χ2v) is 7.76. The van der Waals surface area contributed by atoms with Crippen LogP contribution in [0.5, 0.6) is 0 Å². The number of aryl methyl sites for hydroxylation is 2. The number of esters is 1. The smallest absolute Gasteiger partial charge is 0.333 e. The average Bonchev–Trinajstić information content (AvgIpc) is 2.92. The molecule has 0 bridgehead atoms. The minimum absolute atomic E-state index is 0.00298. The Morgan fingerprint density at radius 3 is 2.31 bits per heavy atom. The van der Waals surface area contributed by atoms with Crippen molar-refractivity contribution < 1.29 is 14.3 Å². The fourth-order valence-electron chi connectivity index (χ4n) is 2.93. The van der Waals surface area contributed by atoms with Crippen molar-refractivity contribution in [2.75, 3.05) is 6.79 Å². The largest absolute Gasteiger partial charge is 0.454 e. The number of rotatable bonds is 6. The van der Waals surface area contributed by atoms with E-state index >= 15 is 0 Å². The molecule has 0 spiro atoms. The molecule has 0 saturated carbocycles. The van der Waals surface area contributed by atoms with Gasteiger partial charge in [0.2, 0.25) is 6.79 Å². The highest BCUT2D eigenvalue weighted by atomic mass is 16.7. The summed E-state index contributed by atoms with van der Waals surface area (Å²) < 4.78 is 12.4. The molecule has 0 amide bonds. The van der Waals surface area contributed by atoms with Crippen LogP contribution >= 0.6 is 0 Å². The first-order valence-electron chi connectivity index (χ1n) is 9.28. The van der Waals surface area contributed by atoms with Crippen molar-refractivity contribution in [1.29, 1.82) is 5.26 Å². The molecule has 0 saturated heterocycles. The standard InChI is InChI=1S/C23H27N3O3/c1-8-20(27)28-14-29-22(21-15(2)16(3)25-26(21)7)19(13-24)17-9-11-18(12-10-17)23(4,5)6/h8-12H,1,14H2,2-7H3/b22-19-. The normalized spacial score (nSPS) is 12.0. The summed E-state index contributed by atoms with van der Waals surface area (Å²) in [7, 11) is 1.78. The van der Waals surface area contributed by atoms with Crippen LogP contribution in [-0.2, 0) is 26.7 Å². The molecule has 6 nitrogen and oxygen atoms in total. The SMILES string of the molecule is C=CC(=O)OCO/C(=C(/C#N)c1ccc(C(C)(C)C)cc1)c1c(C)c(C)nn1C. The Kier molecular flexibility index (Phi) is 6.65.